The summed E-state index contributed by atoms with van der Waals surface area (Å²) < 4.78 is 0. The maximum Gasteiger partial charge on any atom is 0.222 e. The molecule has 0 aliphatic carbocycles. The Kier molecular flexibility index (Phi) is 4.74. The monoisotopic (exact) mass is 296 g/mol. The molecule has 3 heteroatoms. The first-order valence-electron chi connectivity index (χ1n) is 8.15. The van der Waals surface area contributed by atoms with Gasteiger partial charge in [-0.3, -0.25) is 4.79 Å². The number of nitrogens with one attached hydrogen (secondary N) is 1. The summed E-state index contributed by atoms with van der Waals surface area (Å²) in [5.41, 5.74) is 1.22. The van der Waals surface area contributed by atoms with Crippen molar-refractivity contribution in [2.24, 2.45) is 5.92 Å². The van der Waals surface area contributed by atoms with Crippen LogP contribution in [0.25, 0.3) is 10.8 Å². The minimum Gasteiger partial charge on any atom is -0.341 e. The smallest absolute Gasteiger partial charge is 0.222 e. The van der Waals surface area contributed by atoms with E-state index in [9.17, 15) is 4.79 Å². The molecule has 2 aromatic carbocycles. The van der Waals surface area contributed by atoms with E-state index in [1.165, 1.54) is 22.8 Å². The molecule has 0 aromatic heterocycles. The highest BCUT2D eigenvalue weighted by atomic mass is 16.2. The van der Waals surface area contributed by atoms with Crippen LogP contribution in [0.4, 0.5) is 0 Å². The fourth-order valence-corrected chi connectivity index (χ4v) is 3.25. The molecule has 1 aliphatic rings. The Bertz CT molecular complexity index is 641. The van der Waals surface area contributed by atoms with Gasteiger partial charge in [-0.1, -0.05) is 42.5 Å². The van der Waals surface area contributed by atoms with Crippen molar-refractivity contribution >= 4 is 16.7 Å². The molecule has 3 nitrogen and oxygen atoms in total. The third-order valence-electron chi connectivity index (χ3n) is 4.64. The van der Waals surface area contributed by atoms with Crippen molar-refractivity contribution in [3.63, 3.8) is 0 Å². The molecule has 1 aliphatic heterocycles. The number of nitrogens with zero attached hydrogens (tertiary/aromatic N) is 1. The molecule has 1 atom stereocenters. The van der Waals surface area contributed by atoms with Gasteiger partial charge in [-0.05, 0) is 48.2 Å². The van der Waals surface area contributed by atoms with Crippen LogP contribution in [0, 0.1) is 5.92 Å². The number of carbonyl (C=O) groups excluding carboxylic acids is 1. The summed E-state index contributed by atoms with van der Waals surface area (Å²) in [7, 11) is 1.91. The molecule has 1 saturated heterocycles. The van der Waals surface area contributed by atoms with Crippen LogP contribution in [0.15, 0.2) is 42.5 Å². The summed E-state index contributed by atoms with van der Waals surface area (Å²) >= 11 is 0. The van der Waals surface area contributed by atoms with Gasteiger partial charge < -0.3 is 10.2 Å². The Labute approximate surface area is 132 Å². The number of fused-ring (bicyclic) bond motifs is 1. The Balaban J connectivity index is 1.62. The molecule has 0 radical (unpaired) electrons. The van der Waals surface area contributed by atoms with E-state index in [-0.39, 0.29) is 5.91 Å². The number of carbonyl (C=O) groups is 1. The molecular formula is C19H24N2O. The summed E-state index contributed by atoms with van der Waals surface area (Å²) in [4.78, 5) is 14.2. The van der Waals surface area contributed by atoms with Crippen molar-refractivity contribution in [2.45, 2.75) is 25.8 Å². The van der Waals surface area contributed by atoms with Crippen LogP contribution in [0.1, 0.15) is 24.8 Å². The number of benzene rings is 2. The van der Waals surface area contributed by atoms with Crippen LogP contribution in [-0.2, 0) is 11.3 Å². The highest BCUT2D eigenvalue weighted by Crippen LogP contribution is 2.20. The highest BCUT2D eigenvalue weighted by molar-refractivity contribution is 5.86. The van der Waals surface area contributed by atoms with Crippen molar-refractivity contribution < 1.29 is 4.79 Å². The van der Waals surface area contributed by atoms with Gasteiger partial charge in [0, 0.05) is 20.0 Å². The zero-order chi connectivity index (χ0) is 15.4. The van der Waals surface area contributed by atoms with Gasteiger partial charge >= 0.3 is 0 Å². The van der Waals surface area contributed by atoms with Gasteiger partial charge in [0.15, 0.2) is 0 Å². The Hall–Kier alpha value is -1.87. The Morgan fingerprint density at radius 3 is 2.86 bits per heavy atom. The van der Waals surface area contributed by atoms with E-state index >= 15 is 0 Å². The third-order valence-corrected chi connectivity index (χ3v) is 4.64. The van der Waals surface area contributed by atoms with Crippen LogP contribution >= 0.6 is 0 Å². The van der Waals surface area contributed by atoms with E-state index in [0.717, 1.165) is 19.5 Å². The van der Waals surface area contributed by atoms with Gasteiger partial charge in [-0.2, -0.15) is 0 Å². The lowest BCUT2D eigenvalue weighted by Crippen LogP contribution is -2.26. The highest BCUT2D eigenvalue weighted by Gasteiger charge is 2.17. The first kappa shape index (κ1) is 15.0. The molecule has 0 bridgehead atoms. The van der Waals surface area contributed by atoms with Crippen LogP contribution in [0.3, 0.4) is 0 Å². The van der Waals surface area contributed by atoms with E-state index in [2.05, 4.69) is 47.8 Å². The molecule has 1 amide bonds. The SMILES string of the molecule is CN(Cc1cccc2ccccc12)C(=O)CCC1CCNC1. The van der Waals surface area contributed by atoms with Crippen molar-refractivity contribution in [2.75, 3.05) is 20.1 Å². The van der Waals surface area contributed by atoms with Crippen molar-refractivity contribution in [3.05, 3.63) is 48.0 Å². The largest absolute Gasteiger partial charge is 0.341 e. The summed E-state index contributed by atoms with van der Waals surface area (Å²) in [6.07, 6.45) is 2.87. The minimum absolute atomic E-state index is 0.250. The van der Waals surface area contributed by atoms with E-state index < -0.39 is 0 Å². The van der Waals surface area contributed by atoms with Gasteiger partial charge in [0.1, 0.15) is 0 Å². The average molecular weight is 296 g/mol. The predicted octanol–water partition coefficient (Wildman–Crippen LogP) is 3.19. The standard InChI is InChI=1S/C19H24N2O/c1-21(19(22)10-9-15-11-12-20-13-15)14-17-7-4-6-16-5-2-3-8-18(16)17/h2-8,15,20H,9-14H2,1H3. The lowest BCUT2D eigenvalue weighted by Gasteiger charge is -2.19. The predicted molar refractivity (Wildman–Crippen MR) is 90.6 cm³/mol. The quantitative estimate of drug-likeness (QED) is 0.919. The van der Waals surface area contributed by atoms with Crippen LogP contribution < -0.4 is 5.32 Å². The van der Waals surface area contributed by atoms with Gasteiger partial charge in [-0.15, -0.1) is 0 Å². The normalized spacial score (nSPS) is 17.8. The lowest BCUT2D eigenvalue weighted by molar-refractivity contribution is -0.130. The fourth-order valence-electron chi connectivity index (χ4n) is 3.25. The molecule has 1 N–H and O–H groups in total. The first-order valence-corrected chi connectivity index (χ1v) is 8.15. The Morgan fingerprint density at radius 2 is 2.05 bits per heavy atom. The van der Waals surface area contributed by atoms with E-state index in [4.69, 9.17) is 0 Å². The number of rotatable bonds is 5. The molecular weight excluding hydrogens is 272 g/mol. The summed E-state index contributed by atoms with van der Waals surface area (Å²) in [5.74, 6) is 0.926. The van der Waals surface area contributed by atoms with E-state index in [0.29, 0.717) is 18.9 Å². The van der Waals surface area contributed by atoms with Crippen molar-refractivity contribution in [3.8, 4) is 0 Å². The minimum atomic E-state index is 0.250. The molecule has 116 valence electrons. The summed E-state index contributed by atoms with van der Waals surface area (Å²) in [5, 5.41) is 5.83. The molecule has 22 heavy (non-hydrogen) atoms. The van der Waals surface area contributed by atoms with E-state index in [1.807, 2.05) is 11.9 Å². The molecule has 3 rings (SSSR count). The summed E-state index contributed by atoms with van der Waals surface area (Å²) in [6.45, 7) is 2.86. The van der Waals surface area contributed by atoms with E-state index in [1.54, 1.807) is 0 Å². The molecule has 1 unspecified atom stereocenters. The zero-order valence-corrected chi connectivity index (χ0v) is 13.2. The maximum absolute atomic E-state index is 12.3. The maximum atomic E-state index is 12.3. The first-order chi connectivity index (χ1) is 10.7. The van der Waals surface area contributed by atoms with Gasteiger partial charge in [-0.25, -0.2) is 0 Å². The number of hydrogen-bond acceptors (Lipinski definition) is 2. The molecule has 0 spiro atoms. The topological polar surface area (TPSA) is 32.3 Å². The molecule has 1 heterocycles. The second kappa shape index (κ2) is 6.93. The van der Waals surface area contributed by atoms with Gasteiger partial charge in [0.2, 0.25) is 5.91 Å². The Morgan fingerprint density at radius 1 is 1.23 bits per heavy atom. The third kappa shape index (κ3) is 3.47. The number of hydrogen-bond donors (Lipinski definition) is 1. The zero-order valence-electron chi connectivity index (χ0n) is 13.2. The molecule has 1 fully saturated rings. The van der Waals surface area contributed by atoms with Gasteiger partial charge in [0.05, 0.1) is 0 Å². The van der Waals surface area contributed by atoms with Crippen LogP contribution in [0.2, 0.25) is 0 Å². The summed E-state index contributed by atoms with van der Waals surface area (Å²) in [6, 6.07) is 14.7. The van der Waals surface area contributed by atoms with Crippen LogP contribution in [-0.4, -0.2) is 30.9 Å². The average Bonchev–Trinajstić information content (AvgIpc) is 3.06. The molecule has 2 aromatic rings. The second-order valence-electron chi connectivity index (χ2n) is 6.29. The molecule has 0 saturated carbocycles. The van der Waals surface area contributed by atoms with Gasteiger partial charge in [0.25, 0.3) is 0 Å². The van der Waals surface area contributed by atoms with Crippen molar-refractivity contribution in [1.82, 2.24) is 10.2 Å². The van der Waals surface area contributed by atoms with Crippen molar-refractivity contribution in [1.29, 1.82) is 0 Å². The fraction of sp³-hybridized carbons (Fsp3) is 0.421. The second-order valence-corrected chi connectivity index (χ2v) is 6.29. The lowest BCUT2D eigenvalue weighted by atomic mass is 10.0. The number of amides is 1. The van der Waals surface area contributed by atoms with Crippen LogP contribution in [0.5, 0.6) is 0 Å².